The molecule has 0 saturated heterocycles. The minimum Gasteiger partial charge on any atom is -0.508 e. The molecular weight excluding hydrogens is 464 g/mol. The highest BCUT2D eigenvalue weighted by Crippen LogP contribution is 2.34. The van der Waals surface area contributed by atoms with Crippen LogP contribution < -0.4 is 14.8 Å². The summed E-state index contributed by atoms with van der Waals surface area (Å²) in [6, 6.07) is 15.7. The fourth-order valence-corrected chi connectivity index (χ4v) is 4.28. The summed E-state index contributed by atoms with van der Waals surface area (Å²) in [7, 11) is -2.78. The number of non-ortho nitro benzene ring substituents is 1. The predicted octanol–water partition coefficient (Wildman–Crippen LogP) is 3.65. The van der Waals surface area contributed by atoms with E-state index in [1.807, 2.05) is 4.72 Å². The molecule has 4 aromatic rings. The van der Waals surface area contributed by atoms with Crippen molar-refractivity contribution in [3.8, 4) is 11.5 Å². The van der Waals surface area contributed by atoms with Crippen molar-refractivity contribution >= 4 is 43.9 Å². The molecule has 0 spiro atoms. The Morgan fingerprint density at radius 3 is 2.47 bits per heavy atom. The van der Waals surface area contributed by atoms with Crippen LogP contribution in [0.1, 0.15) is 10.5 Å². The number of methoxy groups -OCH3 is 1. The Balaban J connectivity index is 1.70. The zero-order valence-electron chi connectivity index (χ0n) is 17.6. The predicted molar refractivity (Wildman–Crippen MR) is 124 cm³/mol. The monoisotopic (exact) mass is 482 g/mol. The summed E-state index contributed by atoms with van der Waals surface area (Å²) in [6.45, 7) is 0. The quantitative estimate of drug-likeness (QED) is 0.229. The molecule has 0 aliphatic carbocycles. The summed E-state index contributed by atoms with van der Waals surface area (Å²) in [5.74, 6) is -0.536. The van der Waals surface area contributed by atoms with Gasteiger partial charge < -0.3 is 20.1 Å². The van der Waals surface area contributed by atoms with Gasteiger partial charge in [-0.25, -0.2) is 13.1 Å². The summed E-state index contributed by atoms with van der Waals surface area (Å²) in [5.41, 5.74) is 0.444. The topological polar surface area (TPSA) is 164 Å². The number of H-pyrrole nitrogens is 1. The molecular formula is C22H18N4O7S. The van der Waals surface area contributed by atoms with Crippen molar-refractivity contribution in [2.45, 2.75) is 4.90 Å². The minimum atomic E-state index is -4.21. The Morgan fingerprint density at radius 1 is 1.09 bits per heavy atom. The second kappa shape index (κ2) is 8.75. The number of amides is 1. The first kappa shape index (κ1) is 22.6. The van der Waals surface area contributed by atoms with Crippen molar-refractivity contribution < 1.29 is 28.0 Å². The number of carbonyl (C=O) groups excluding carboxylic acids is 1. The van der Waals surface area contributed by atoms with E-state index in [0.717, 1.165) is 0 Å². The number of fused-ring (bicyclic) bond motifs is 1. The van der Waals surface area contributed by atoms with Crippen LogP contribution in [-0.2, 0) is 10.0 Å². The van der Waals surface area contributed by atoms with Crippen LogP contribution >= 0.6 is 0 Å². The second-order valence-corrected chi connectivity index (χ2v) is 8.83. The third kappa shape index (κ3) is 4.47. The molecule has 12 heteroatoms. The number of ether oxygens (including phenoxy) is 1. The van der Waals surface area contributed by atoms with Crippen LogP contribution in [0, 0.1) is 10.1 Å². The number of aromatic nitrogens is 1. The van der Waals surface area contributed by atoms with Gasteiger partial charge in [-0.1, -0.05) is 6.07 Å². The summed E-state index contributed by atoms with van der Waals surface area (Å²) >= 11 is 0. The number of hydrogen-bond acceptors (Lipinski definition) is 8. The summed E-state index contributed by atoms with van der Waals surface area (Å²) < 4.78 is 32.2. The molecule has 34 heavy (non-hydrogen) atoms. The SMILES string of the molecule is COc1ccc(S(=O)(=O)NC(=O)c2cc3c(Nc4cccc(O)c4)ccc([N+](=O)[O-])c3[nH]2)cc1. The van der Waals surface area contributed by atoms with E-state index in [-0.39, 0.29) is 32.9 Å². The summed E-state index contributed by atoms with van der Waals surface area (Å²) in [5, 5.41) is 24.5. The van der Waals surface area contributed by atoms with Gasteiger partial charge in [0.2, 0.25) is 0 Å². The Hall–Kier alpha value is -4.58. The van der Waals surface area contributed by atoms with Crippen LogP contribution in [0.15, 0.2) is 71.6 Å². The van der Waals surface area contributed by atoms with E-state index in [1.54, 1.807) is 12.1 Å². The van der Waals surface area contributed by atoms with Crippen LogP contribution in [0.4, 0.5) is 17.1 Å². The molecule has 1 heterocycles. The van der Waals surface area contributed by atoms with Gasteiger partial charge in [0, 0.05) is 28.9 Å². The lowest BCUT2D eigenvalue weighted by Gasteiger charge is -2.08. The number of nitrogens with zero attached hydrogens (tertiary/aromatic N) is 1. The van der Waals surface area contributed by atoms with E-state index in [0.29, 0.717) is 17.1 Å². The standard InChI is InChI=1S/C22H18N4O7S/c1-33-15-5-7-16(8-6-15)34(31,32)25-22(28)19-12-17-18(23-13-3-2-4-14(27)11-13)9-10-20(26(29)30)21(17)24-19/h2-12,23-24,27H,1H3,(H,25,28). The molecule has 0 fully saturated rings. The van der Waals surface area contributed by atoms with Gasteiger partial charge in [-0.2, -0.15) is 0 Å². The number of anilines is 2. The van der Waals surface area contributed by atoms with Gasteiger partial charge in [-0.15, -0.1) is 0 Å². The van der Waals surface area contributed by atoms with E-state index >= 15 is 0 Å². The van der Waals surface area contributed by atoms with Crippen LogP contribution in [0.3, 0.4) is 0 Å². The molecule has 0 saturated carbocycles. The smallest absolute Gasteiger partial charge is 0.293 e. The number of nitrogens with one attached hydrogen (secondary N) is 3. The maximum Gasteiger partial charge on any atom is 0.293 e. The molecule has 0 bridgehead atoms. The number of rotatable bonds is 7. The minimum absolute atomic E-state index is 0.0148. The van der Waals surface area contributed by atoms with Gasteiger partial charge in [-0.05, 0) is 48.5 Å². The maximum atomic E-state index is 12.8. The number of sulfonamides is 1. The zero-order chi connectivity index (χ0) is 24.5. The van der Waals surface area contributed by atoms with E-state index in [4.69, 9.17) is 4.74 Å². The van der Waals surface area contributed by atoms with E-state index < -0.39 is 20.9 Å². The fraction of sp³-hybridized carbons (Fsp3) is 0.0455. The second-order valence-electron chi connectivity index (χ2n) is 7.15. The van der Waals surface area contributed by atoms with Crippen LogP contribution in [0.5, 0.6) is 11.5 Å². The zero-order valence-corrected chi connectivity index (χ0v) is 18.4. The normalized spacial score (nSPS) is 11.2. The Morgan fingerprint density at radius 2 is 1.82 bits per heavy atom. The third-order valence-electron chi connectivity index (χ3n) is 4.94. The summed E-state index contributed by atoms with van der Waals surface area (Å²) in [6.07, 6.45) is 0. The van der Waals surface area contributed by atoms with Crippen molar-refractivity contribution in [3.63, 3.8) is 0 Å². The molecule has 0 radical (unpaired) electrons. The number of nitro groups is 1. The largest absolute Gasteiger partial charge is 0.508 e. The van der Waals surface area contributed by atoms with Gasteiger partial charge in [0.1, 0.15) is 22.7 Å². The Bertz CT molecular complexity index is 1510. The molecule has 3 aromatic carbocycles. The van der Waals surface area contributed by atoms with Crippen molar-refractivity contribution in [1.82, 2.24) is 9.71 Å². The molecule has 4 N–H and O–H groups in total. The first-order valence-electron chi connectivity index (χ1n) is 9.75. The van der Waals surface area contributed by atoms with Crippen LogP contribution in [0.2, 0.25) is 0 Å². The number of aromatic hydroxyl groups is 1. The van der Waals surface area contributed by atoms with Gasteiger partial charge in [0.25, 0.3) is 21.6 Å². The van der Waals surface area contributed by atoms with Crippen molar-refractivity contribution in [2.24, 2.45) is 0 Å². The van der Waals surface area contributed by atoms with Crippen molar-refractivity contribution in [1.29, 1.82) is 0 Å². The molecule has 4 rings (SSSR count). The number of nitro benzene ring substituents is 1. The number of phenolic OH excluding ortho intramolecular Hbond substituents is 1. The number of benzene rings is 3. The number of phenols is 1. The Kier molecular flexibility index (Phi) is 5.82. The first-order chi connectivity index (χ1) is 16.2. The average molecular weight is 482 g/mol. The van der Waals surface area contributed by atoms with E-state index in [9.17, 15) is 28.4 Å². The van der Waals surface area contributed by atoms with Crippen molar-refractivity contribution in [2.75, 3.05) is 12.4 Å². The van der Waals surface area contributed by atoms with Crippen molar-refractivity contribution in [3.05, 3.63) is 82.5 Å². The fourth-order valence-electron chi connectivity index (χ4n) is 3.32. The van der Waals surface area contributed by atoms with E-state index in [1.165, 1.54) is 61.7 Å². The lowest BCUT2D eigenvalue weighted by atomic mass is 10.1. The highest BCUT2D eigenvalue weighted by atomic mass is 32.2. The third-order valence-corrected chi connectivity index (χ3v) is 6.28. The number of carbonyl (C=O) groups is 1. The highest BCUT2D eigenvalue weighted by Gasteiger charge is 2.23. The van der Waals surface area contributed by atoms with Gasteiger partial charge in [0.15, 0.2) is 0 Å². The first-order valence-corrected chi connectivity index (χ1v) is 11.2. The molecule has 0 unspecified atom stereocenters. The maximum absolute atomic E-state index is 12.8. The Labute approximate surface area is 193 Å². The molecule has 1 amide bonds. The molecule has 0 atom stereocenters. The molecule has 0 aliphatic rings. The lowest BCUT2D eigenvalue weighted by molar-refractivity contribution is -0.383. The number of aromatic amines is 1. The van der Waals surface area contributed by atoms with Gasteiger partial charge in [-0.3, -0.25) is 14.9 Å². The van der Waals surface area contributed by atoms with Gasteiger partial charge in [0.05, 0.1) is 16.9 Å². The van der Waals surface area contributed by atoms with Crippen LogP contribution in [0.25, 0.3) is 10.9 Å². The van der Waals surface area contributed by atoms with Crippen LogP contribution in [-0.4, -0.2) is 36.4 Å². The summed E-state index contributed by atoms with van der Waals surface area (Å²) in [4.78, 5) is 26.1. The molecule has 0 aliphatic heterocycles. The lowest BCUT2D eigenvalue weighted by Crippen LogP contribution is -2.30. The highest BCUT2D eigenvalue weighted by molar-refractivity contribution is 7.90. The van der Waals surface area contributed by atoms with E-state index in [2.05, 4.69) is 10.3 Å². The molecule has 11 nitrogen and oxygen atoms in total. The number of hydrogen-bond donors (Lipinski definition) is 4. The van der Waals surface area contributed by atoms with Gasteiger partial charge >= 0.3 is 0 Å². The average Bonchev–Trinajstić information content (AvgIpc) is 3.25. The molecule has 174 valence electrons. The molecule has 1 aromatic heterocycles.